The molecule has 4 heteroatoms. The van der Waals surface area contributed by atoms with Gasteiger partial charge < -0.3 is 4.74 Å². The lowest BCUT2D eigenvalue weighted by atomic mass is 10.3. The quantitative estimate of drug-likeness (QED) is 0.614. The fourth-order valence-electron chi connectivity index (χ4n) is 0.787. The summed E-state index contributed by atoms with van der Waals surface area (Å²) in [5, 5.41) is 0.463. The number of pyridine rings is 1. The van der Waals surface area contributed by atoms with E-state index in [0.29, 0.717) is 11.8 Å². The van der Waals surface area contributed by atoms with Gasteiger partial charge in [0.15, 0.2) is 0 Å². The van der Waals surface area contributed by atoms with Crippen LogP contribution < -0.4 is 0 Å². The Kier molecular flexibility index (Phi) is 4.25. The summed E-state index contributed by atoms with van der Waals surface area (Å²) in [5.41, 5.74) is 0.831. The van der Waals surface area contributed by atoms with E-state index in [1.807, 2.05) is 13.0 Å². The molecule has 1 rings (SSSR count). The zero-order valence-electron chi connectivity index (χ0n) is 7.13. The molecule has 0 atom stereocenters. The Morgan fingerprint density at radius 2 is 2.46 bits per heavy atom. The summed E-state index contributed by atoms with van der Waals surface area (Å²) in [5.74, 6) is 0. The number of rotatable bonds is 3. The maximum absolute atomic E-state index is 5.86. The first-order valence-electron chi connectivity index (χ1n) is 3.84. The molecule has 0 spiro atoms. The first kappa shape index (κ1) is 10.5. The number of hydrogen-bond donors (Lipinski definition) is 0. The fourth-order valence-corrected chi connectivity index (χ4v) is 1.56. The third kappa shape index (κ3) is 3.01. The molecule has 1 heterocycles. The summed E-state index contributed by atoms with van der Waals surface area (Å²) >= 11 is 9.23. The van der Waals surface area contributed by atoms with E-state index in [-0.39, 0.29) is 0 Å². The normalized spacial score (nSPS) is 10.7. The van der Waals surface area contributed by atoms with E-state index in [0.717, 1.165) is 10.0 Å². The molecule has 0 fully saturated rings. The summed E-state index contributed by atoms with van der Waals surface area (Å²) in [6.45, 7) is 2.57. The number of hydrogen-bond acceptors (Lipinski definition) is 2. The van der Waals surface area contributed by atoms with E-state index in [9.17, 15) is 0 Å². The van der Waals surface area contributed by atoms with Crippen LogP contribution in [-0.2, 0) is 4.74 Å². The summed E-state index contributed by atoms with van der Waals surface area (Å²) in [6.07, 6.45) is 5.03. The van der Waals surface area contributed by atoms with Crippen LogP contribution in [0.1, 0.15) is 12.5 Å². The van der Waals surface area contributed by atoms with Crippen LogP contribution >= 0.6 is 27.5 Å². The third-order valence-electron chi connectivity index (χ3n) is 1.39. The Morgan fingerprint density at radius 3 is 3.08 bits per heavy atom. The second kappa shape index (κ2) is 5.25. The van der Waals surface area contributed by atoms with Gasteiger partial charge in [-0.2, -0.15) is 0 Å². The van der Waals surface area contributed by atoms with Gasteiger partial charge in [0.1, 0.15) is 5.15 Å². The van der Waals surface area contributed by atoms with Crippen molar-refractivity contribution in [3.05, 3.63) is 33.7 Å². The highest BCUT2D eigenvalue weighted by molar-refractivity contribution is 9.10. The fraction of sp³-hybridized carbons (Fsp3) is 0.222. The Labute approximate surface area is 90.7 Å². The molecule has 1 aromatic heterocycles. The molecule has 0 saturated heterocycles. The van der Waals surface area contributed by atoms with Crippen LogP contribution in [0.5, 0.6) is 0 Å². The van der Waals surface area contributed by atoms with Crippen molar-refractivity contribution >= 4 is 33.6 Å². The van der Waals surface area contributed by atoms with Gasteiger partial charge in [-0.05, 0) is 19.1 Å². The van der Waals surface area contributed by atoms with Gasteiger partial charge in [0.2, 0.25) is 0 Å². The molecule has 13 heavy (non-hydrogen) atoms. The molecular formula is C9H9BrClNO. The predicted molar refractivity (Wildman–Crippen MR) is 57.6 cm³/mol. The van der Waals surface area contributed by atoms with Crippen molar-refractivity contribution in [3.63, 3.8) is 0 Å². The minimum atomic E-state index is 0.463. The Bertz CT molecular complexity index is 294. The lowest BCUT2D eigenvalue weighted by Crippen LogP contribution is -1.83. The molecule has 0 N–H and O–H groups in total. The second-order valence-electron chi connectivity index (χ2n) is 2.26. The lowest BCUT2D eigenvalue weighted by Gasteiger charge is -1.99. The van der Waals surface area contributed by atoms with Gasteiger partial charge >= 0.3 is 0 Å². The average molecular weight is 263 g/mol. The highest BCUT2D eigenvalue weighted by Crippen LogP contribution is 2.23. The largest absolute Gasteiger partial charge is 0.501 e. The molecule has 2 nitrogen and oxygen atoms in total. The molecule has 0 aromatic carbocycles. The van der Waals surface area contributed by atoms with Crippen LogP contribution in [0.3, 0.4) is 0 Å². The molecule has 0 aliphatic heterocycles. The maximum atomic E-state index is 5.86. The smallest absolute Gasteiger partial charge is 0.137 e. The van der Waals surface area contributed by atoms with E-state index in [2.05, 4.69) is 20.9 Å². The molecule has 0 aliphatic carbocycles. The van der Waals surface area contributed by atoms with Gasteiger partial charge in [-0.15, -0.1) is 0 Å². The van der Waals surface area contributed by atoms with Crippen LogP contribution in [0, 0.1) is 0 Å². The number of aromatic nitrogens is 1. The van der Waals surface area contributed by atoms with E-state index < -0.39 is 0 Å². The van der Waals surface area contributed by atoms with Crippen molar-refractivity contribution in [3.8, 4) is 0 Å². The van der Waals surface area contributed by atoms with Crippen LogP contribution in [0.2, 0.25) is 5.15 Å². The Balaban J connectivity index is 2.87. The van der Waals surface area contributed by atoms with Crippen LogP contribution in [-0.4, -0.2) is 11.6 Å². The maximum Gasteiger partial charge on any atom is 0.137 e. The van der Waals surface area contributed by atoms with Crippen LogP contribution in [0.4, 0.5) is 0 Å². The summed E-state index contributed by atoms with van der Waals surface area (Å²) in [7, 11) is 0. The van der Waals surface area contributed by atoms with Gasteiger partial charge in [-0.1, -0.05) is 27.5 Å². The molecule has 0 radical (unpaired) electrons. The second-order valence-corrected chi connectivity index (χ2v) is 3.47. The third-order valence-corrected chi connectivity index (χ3v) is 2.38. The van der Waals surface area contributed by atoms with Gasteiger partial charge in [-0.25, -0.2) is 4.98 Å². The summed E-state index contributed by atoms with van der Waals surface area (Å²) in [6, 6.07) is 1.83. The SMILES string of the molecule is CCO/C=C/c1c(Br)ccnc1Cl. The first-order chi connectivity index (χ1) is 6.25. The predicted octanol–water partition coefficient (Wildman–Crippen LogP) is 3.50. The summed E-state index contributed by atoms with van der Waals surface area (Å²) in [4.78, 5) is 3.95. The molecule has 0 amide bonds. The molecule has 0 bridgehead atoms. The lowest BCUT2D eigenvalue weighted by molar-refractivity contribution is 0.272. The molecule has 0 unspecified atom stereocenters. The van der Waals surface area contributed by atoms with Gasteiger partial charge in [-0.3, -0.25) is 0 Å². The summed E-state index contributed by atoms with van der Waals surface area (Å²) < 4.78 is 5.97. The van der Waals surface area contributed by atoms with Crippen molar-refractivity contribution in [1.29, 1.82) is 0 Å². The molecular weight excluding hydrogens is 253 g/mol. The average Bonchev–Trinajstić information content (AvgIpc) is 2.10. The Morgan fingerprint density at radius 1 is 1.69 bits per heavy atom. The Hall–Kier alpha value is -0.540. The zero-order chi connectivity index (χ0) is 9.68. The van der Waals surface area contributed by atoms with Crippen molar-refractivity contribution in [2.24, 2.45) is 0 Å². The van der Waals surface area contributed by atoms with E-state index >= 15 is 0 Å². The van der Waals surface area contributed by atoms with Crippen LogP contribution in [0.25, 0.3) is 6.08 Å². The number of ether oxygens (including phenoxy) is 1. The molecule has 0 aliphatic rings. The first-order valence-corrected chi connectivity index (χ1v) is 5.01. The van der Waals surface area contributed by atoms with E-state index in [4.69, 9.17) is 16.3 Å². The molecule has 0 saturated carbocycles. The van der Waals surface area contributed by atoms with Gasteiger partial charge in [0.05, 0.1) is 12.9 Å². The monoisotopic (exact) mass is 261 g/mol. The van der Waals surface area contributed by atoms with Crippen molar-refractivity contribution in [2.75, 3.05) is 6.61 Å². The molecule has 1 aromatic rings. The van der Waals surface area contributed by atoms with E-state index in [1.54, 1.807) is 18.5 Å². The number of halogens is 2. The van der Waals surface area contributed by atoms with Crippen molar-refractivity contribution in [2.45, 2.75) is 6.92 Å². The minimum Gasteiger partial charge on any atom is -0.501 e. The van der Waals surface area contributed by atoms with Gasteiger partial charge in [0, 0.05) is 16.2 Å². The molecule has 70 valence electrons. The minimum absolute atomic E-state index is 0.463. The van der Waals surface area contributed by atoms with Crippen LogP contribution in [0.15, 0.2) is 23.0 Å². The van der Waals surface area contributed by atoms with E-state index in [1.165, 1.54) is 0 Å². The van der Waals surface area contributed by atoms with Gasteiger partial charge in [0.25, 0.3) is 0 Å². The van der Waals surface area contributed by atoms with Crippen molar-refractivity contribution < 1.29 is 4.74 Å². The highest BCUT2D eigenvalue weighted by atomic mass is 79.9. The topological polar surface area (TPSA) is 22.1 Å². The zero-order valence-corrected chi connectivity index (χ0v) is 9.47. The number of nitrogens with zero attached hydrogens (tertiary/aromatic N) is 1. The highest BCUT2D eigenvalue weighted by Gasteiger charge is 2.01. The van der Waals surface area contributed by atoms with Crippen molar-refractivity contribution in [1.82, 2.24) is 4.98 Å². The standard InChI is InChI=1S/C9H9BrClNO/c1-2-13-6-4-7-8(10)3-5-12-9(7)11/h3-6H,2H2,1H3/b6-4+.